The second-order valence-corrected chi connectivity index (χ2v) is 37.9. The minimum atomic E-state index is -5.09. The average molecular weight is 2210 g/mol. The number of aryl methyl sites for hydroxylation is 5. The Kier molecular flexibility index (Phi) is 45.1. The molecule has 1 saturated heterocycles. The first kappa shape index (κ1) is 111. The van der Waals surface area contributed by atoms with Crippen LogP contribution in [0.1, 0.15) is 139 Å². The zero-order valence-corrected chi connectivity index (χ0v) is 82.7. The van der Waals surface area contributed by atoms with Gasteiger partial charge < -0.3 is 41.5 Å². The van der Waals surface area contributed by atoms with Gasteiger partial charge in [-0.05, 0) is 163 Å². The van der Waals surface area contributed by atoms with Gasteiger partial charge >= 0.3 is 25.1 Å². The number of fused-ring (bicyclic) bond motifs is 1. The van der Waals surface area contributed by atoms with Crippen LogP contribution in [0.25, 0.3) is 22.6 Å². The van der Waals surface area contributed by atoms with Crippen molar-refractivity contribution in [1.82, 2.24) is 48.5 Å². The zero-order chi connectivity index (χ0) is 97.1. The van der Waals surface area contributed by atoms with E-state index in [1.807, 2.05) is 127 Å². The van der Waals surface area contributed by atoms with Crippen molar-refractivity contribution >= 4 is 255 Å². The highest BCUT2D eigenvalue weighted by Crippen LogP contribution is 2.42. The van der Waals surface area contributed by atoms with E-state index in [1.165, 1.54) is 116 Å². The van der Waals surface area contributed by atoms with E-state index in [0.717, 1.165) is 103 Å². The second-order valence-electron chi connectivity index (χ2n) is 25.3. The molecular weight excluding hydrogens is 2130 g/mol. The van der Waals surface area contributed by atoms with Gasteiger partial charge in [0.05, 0.1) is 56.3 Å². The monoisotopic (exact) mass is 2200 g/mol. The number of nitriles is 1. The van der Waals surface area contributed by atoms with E-state index in [0.29, 0.717) is 56.1 Å². The van der Waals surface area contributed by atoms with E-state index in [-0.39, 0.29) is 53.7 Å². The van der Waals surface area contributed by atoms with Crippen LogP contribution >= 0.6 is 182 Å². The fourth-order valence-electron chi connectivity index (χ4n) is 10.2. The maximum Gasteiger partial charge on any atom is 0.573 e. The number of nitrogens with two attached hydrogens (primary N) is 1. The van der Waals surface area contributed by atoms with Gasteiger partial charge in [-0.1, -0.05) is 164 Å². The fraction of sp³-hybridized carbons (Fsp3) is 0.308. The number of thiophene rings is 1. The van der Waals surface area contributed by atoms with Crippen molar-refractivity contribution in [2.24, 2.45) is 20.7 Å². The molecule has 26 nitrogen and oxygen atoms in total. The highest BCUT2D eigenvalue weighted by atomic mass is 79.9. The van der Waals surface area contributed by atoms with Crippen LogP contribution in [-0.2, 0) is 22.9 Å². The number of aromatic amines is 1. The first-order chi connectivity index (χ1) is 61.7. The number of carbonyl (C=O) groups is 4. The SMILES string of the molecule is C/N=C1/SC(=N/C(F)(F)F)/C(=N/C(F)(F)F)N1c1ccc(Cl)cc1.CCCCCCCCn1sccc1=O.CCNc1nc(CC)c(C(=O)NC(C#N)c2cccs2)s1.CCOc1nc(C(Cl)(Cl)Cl)ns1.Cc1nc(C(F)(F)F)c(C(=O)Nc2c(Br)cc(OC(F)(F)F)cc2Br)s1.Cc1nc(C)c(C(=O)Nc2ccccc2)s1.NC(=O)S.c1ccc2[nH]c(-c3cscn3)nc2c1. The molecule has 7 N–H and O–H groups in total. The number of hydrogen-bond acceptors (Lipinski definition) is 27. The van der Waals surface area contributed by atoms with Gasteiger partial charge in [0.25, 0.3) is 37.5 Å². The normalized spacial score (nSPS) is 13.0. The molecule has 12 aromatic rings. The first-order valence-electron chi connectivity index (χ1n) is 37.6. The summed E-state index contributed by atoms with van der Waals surface area (Å²) < 4.78 is 164. The molecule has 0 bridgehead atoms. The van der Waals surface area contributed by atoms with Gasteiger partial charge in [-0.2, -0.15) is 37.8 Å². The summed E-state index contributed by atoms with van der Waals surface area (Å²) in [5.41, 5.74) is 10.3. The van der Waals surface area contributed by atoms with E-state index >= 15 is 0 Å². The quantitative estimate of drug-likeness (QED) is 0.0109. The molecule has 9 heterocycles. The molecule has 0 aliphatic carbocycles. The number of para-hydroxylation sites is 3. The lowest BCUT2D eigenvalue weighted by Crippen LogP contribution is -2.33. The molecule has 8 aromatic heterocycles. The molecule has 1 aliphatic heterocycles. The number of H-pyrrole nitrogens is 1. The number of alkyl halides is 15. The molecular formula is C78H75Br2Cl4F12N19O7S9. The van der Waals surface area contributed by atoms with Crippen molar-refractivity contribution < 1.29 is 81.3 Å². The standard InChI is InChI=1S/C14H16N4OS2.C13H6Br2F6N2O2S.C12H7ClF6N4S.C12H12N2OS.C11H19NOS.C10H7N3S.C5H5Cl3N2OS.CH3NOS/c1-3-9-12(21-14(18-9)16-4-2)13(19)17-10(8-15)11-6-5-7-20-11;1-4-22-10(12(16,17)18)9(26-4)11(24)23-8-6(14)2-5(3-7(8)15)25-13(19,20)21;1-20-10-23(7-4-2-6(13)3-5-7)8(21-11(14,15)16)9(24-10)22-12(17,18)19;1-8-11(16-9(2)13-8)12(15)14-10-6-4-3-5-7-10;1-2-3-4-5-6-7-9-12-11(13)8-10-14-12;1-2-4-8-7(3-1)12-10(13-8)9-5-14-6-11-9;1-2-11-4-9-3(10-12-4)5(6,7)8;2-1(3)4/h5-7,10H,3-4H2,1-2H3,(H,16,18)(H,17,19);2-3H,1H3,(H,23,24);2-5H,1H3;3-7H,1-2H3,(H,14,15);8,10H,2-7,9H2,1H3;1-6H,(H,12,13);2H2,1H3;(H3,2,3,4)/b;;20-10+,21-8-,22-9+;;;;;. The second kappa shape index (κ2) is 53.3. The number of carbonyl (C=O) groups excluding carboxylic acids is 4. The van der Waals surface area contributed by atoms with Crippen molar-refractivity contribution in [3.63, 3.8) is 0 Å². The van der Waals surface area contributed by atoms with Crippen molar-refractivity contribution in [3.05, 3.63) is 208 Å². The van der Waals surface area contributed by atoms with Gasteiger partial charge in [0.1, 0.15) is 26.1 Å². The number of aliphatic imine (C=N–C) groups is 3. The number of primary amides is 1. The minimum absolute atomic E-state index is 0.0331. The third kappa shape index (κ3) is 38.2. The minimum Gasteiger partial charge on any atom is -0.469 e. The third-order valence-electron chi connectivity index (χ3n) is 15.5. The van der Waals surface area contributed by atoms with Gasteiger partial charge in [0.15, 0.2) is 44.6 Å². The molecule has 53 heteroatoms. The number of amides is 4. The highest BCUT2D eigenvalue weighted by molar-refractivity contribution is 9.11. The molecule has 0 saturated carbocycles. The van der Waals surface area contributed by atoms with E-state index < -0.39 is 73.3 Å². The molecule has 0 radical (unpaired) electrons. The molecule has 4 aromatic carbocycles. The summed E-state index contributed by atoms with van der Waals surface area (Å²) in [7, 11) is 1.23. The number of thioether (sulfide) groups is 1. The number of thiazole rings is 4. The van der Waals surface area contributed by atoms with Crippen LogP contribution in [0.4, 0.5) is 79.7 Å². The largest absolute Gasteiger partial charge is 0.573 e. The smallest absolute Gasteiger partial charge is 0.469 e. The molecule has 704 valence electrons. The molecule has 0 spiro atoms. The van der Waals surface area contributed by atoms with Crippen LogP contribution in [0, 0.1) is 32.1 Å². The number of nitrogens with zero attached hydrogens (tertiary/aromatic N) is 13. The van der Waals surface area contributed by atoms with Gasteiger partial charge in [-0.3, -0.25) is 37.8 Å². The van der Waals surface area contributed by atoms with Gasteiger partial charge in [-0.25, -0.2) is 24.9 Å². The van der Waals surface area contributed by atoms with Crippen molar-refractivity contribution in [2.45, 2.75) is 135 Å². The number of anilines is 4. The Morgan fingerprint density at radius 3 is 1.89 bits per heavy atom. The Bertz CT molecular complexity index is 5810. The number of aromatic nitrogens is 9. The van der Waals surface area contributed by atoms with Crippen molar-refractivity contribution in [1.29, 1.82) is 5.26 Å². The van der Waals surface area contributed by atoms with E-state index in [2.05, 4.69) is 143 Å². The van der Waals surface area contributed by atoms with Crippen LogP contribution in [0.5, 0.6) is 10.9 Å². The number of unbranched alkanes of at least 4 members (excludes halogenated alkanes) is 5. The van der Waals surface area contributed by atoms with Crippen LogP contribution in [0.3, 0.4) is 0 Å². The van der Waals surface area contributed by atoms with E-state index in [1.54, 1.807) is 17.4 Å². The Balaban J connectivity index is 0.000000237. The Morgan fingerprint density at radius 1 is 0.733 bits per heavy atom. The molecule has 131 heavy (non-hydrogen) atoms. The maximum absolute atomic E-state index is 13.0. The topological polar surface area (TPSA) is 353 Å². The molecule has 1 fully saturated rings. The predicted molar refractivity (Wildman–Crippen MR) is 510 cm³/mol. The van der Waals surface area contributed by atoms with E-state index in [9.17, 15) is 77.1 Å². The van der Waals surface area contributed by atoms with Crippen LogP contribution in [0.15, 0.2) is 160 Å². The fourth-order valence-corrected chi connectivity index (χ4v) is 18.3. The highest BCUT2D eigenvalue weighted by Gasteiger charge is 2.43. The zero-order valence-electron chi connectivity index (χ0n) is 69.1. The summed E-state index contributed by atoms with van der Waals surface area (Å²) in [5, 5.41) is 26.6. The van der Waals surface area contributed by atoms with E-state index in [4.69, 9.17) is 55.9 Å². The number of rotatable bonds is 22. The van der Waals surface area contributed by atoms with Crippen LogP contribution < -0.4 is 46.9 Å². The van der Waals surface area contributed by atoms with Gasteiger partial charge in [-0.15, -0.1) is 84.9 Å². The Labute approximate surface area is 815 Å². The summed E-state index contributed by atoms with van der Waals surface area (Å²) >= 11 is 40.5. The number of ether oxygens (including phenoxy) is 2. The molecule has 1 atom stereocenters. The number of halogens is 18. The number of nitrogens with one attached hydrogen (secondary N) is 5. The predicted octanol–water partition coefficient (Wildman–Crippen LogP) is 25.8. The number of imidazole rings is 1. The van der Waals surface area contributed by atoms with Crippen molar-refractivity contribution in [3.8, 4) is 28.5 Å². The average Bonchev–Trinajstić information content (AvgIpc) is 1.63. The maximum atomic E-state index is 13.0. The summed E-state index contributed by atoms with van der Waals surface area (Å²) in [6, 6.07) is 31.5. The van der Waals surface area contributed by atoms with Crippen molar-refractivity contribution in [2.75, 3.05) is 41.0 Å². The Hall–Kier alpha value is -8.88. The lowest BCUT2D eigenvalue weighted by atomic mass is 10.1. The summed E-state index contributed by atoms with van der Waals surface area (Å²) in [4.78, 5) is 95.2. The summed E-state index contributed by atoms with van der Waals surface area (Å²) in [6.45, 7) is 15.3. The Morgan fingerprint density at radius 2 is 1.36 bits per heavy atom. The number of thiol groups is 1. The number of amidine groups is 2. The lowest BCUT2D eigenvalue weighted by molar-refractivity contribution is -0.274. The third-order valence-corrected chi connectivity index (χ3v) is 24.7. The van der Waals surface area contributed by atoms with Gasteiger partial charge in [0.2, 0.25) is 0 Å². The summed E-state index contributed by atoms with van der Waals surface area (Å²) in [5.74, 6) is -2.03. The molecule has 13 rings (SSSR count). The lowest BCUT2D eigenvalue weighted by Gasteiger charge is -2.18. The van der Waals surface area contributed by atoms with Crippen LogP contribution in [0.2, 0.25) is 5.02 Å². The molecule has 1 aliphatic rings. The molecule has 1 unspecified atom stereocenters. The number of benzene rings is 4. The van der Waals surface area contributed by atoms with Gasteiger partial charge in [0, 0.05) is 78.7 Å². The number of hydrogen-bond donors (Lipinski definition) is 7. The summed E-state index contributed by atoms with van der Waals surface area (Å²) in [6.07, 6.45) is -11.5. The first-order valence-corrected chi connectivity index (χ1v) is 47.9. The van der Waals surface area contributed by atoms with Crippen LogP contribution in [-0.4, -0.2) is 121 Å². The molecule has 4 amide bonds.